The van der Waals surface area contributed by atoms with Gasteiger partial charge in [-0.1, -0.05) is 25.2 Å². The van der Waals surface area contributed by atoms with Crippen molar-refractivity contribution >= 4 is 35.1 Å². The van der Waals surface area contributed by atoms with E-state index in [1.165, 1.54) is 0 Å². The van der Waals surface area contributed by atoms with E-state index in [9.17, 15) is 0 Å². The normalized spacial score (nSPS) is 15.6. The van der Waals surface area contributed by atoms with Crippen molar-refractivity contribution in [3.05, 3.63) is 0 Å². The summed E-state index contributed by atoms with van der Waals surface area (Å²) < 4.78 is 5.65. The quantitative estimate of drug-likeness (QED) is 0.410. The van der Waals surface area contributed by atoms with Crippen molar-refractivity contribution in [2.45, 2.75) is 27.2 Å². The van der Waals surface area contributed by atoms with E-state index in [1.807, 2.05) is 6.92 Å². The van der Waals surface area contributed by atoms with Crippen molar-refractivity contribution < 1.29 is 4.52 Å². The van der Waals surface area contributed by atoms with Crippen LogP contribution < -0.4 is 5.09 Å². The first-order chi connectivity index (χ1) is 6.68. The lowest BCUT2D eigenvalue weighted by molar-refractivity contribution is 0.356. The number of rotatable bonds is 8. The van der Waals surface area contributed by atoms with Crippen LogP contribution >= 0.6 is 17.0 Å². The lowest BCUT2D eigenvalue weighted by Gasteiger charge is -2.20. The fraction of sp³-hybridized carbons (Fsp3) is 0.875. The molecule has 1 N–H and O–H groups in total. The number of hydrogen-bond donors (Lipinski definition) is 1. The lowest BCUT2D eigenvalue weighted by Crippen LogP contribution is -2.08. The zero-order chi connectivity index (χ0) is 10.9. The van der Waals surface area contributed by atoms with Crippen LogP contribution in [0.3, 0.4) is 0 Å². The van der Waals surface area contributed by atoms with Gasteiger partial charge >= 0.3 is 0 Å². The molecular weight excluding hydrogens is 235 g/mol. The van der Waals surface area contributed by atoms with Gasteiger partial charge in [0.2, 0.25) is 5.62 Å². The number of hydrogen-bond acceptors (Lipinski definition) is 4. The Balaban J connectivity index is 4.09. The summed E-state index contributed by atoms with van der Waals surface area (Å²) in [6.07, 6.45) is 2.67. The van der Waals surface area contributed by atoms with Gasteiger partial charge in [-0.15, -0.1) is 0 Å². The Morgan fingerprint density at radius 2 is 2.21 bits per heavy atom. The second-order valence-corrected chi connectivity index (χ2v) is 9.41. The monoisotopic (exact) mass is 254 g/mol. The van der Waals surface area contributed by atoms with Crippen LogP contribution in [-0.4, -0.2) is 25.2 Å². The zero-order valence-corrected chi connectivity index (χ0v) is 11.6. The molecule has 0 bridgehead atoms. The van der Waals surface area contributed by atoms with Crippen LogP contribution in [0.15, 0.2) is 4.99 Å². The van der Waals surface area contributed by atoms with Gasteiger partial charge in [-0.25, -0.2) is 0 Å². The fourth-order valence-corrected chi connectivity index (χ4v) is 5.05. The summed E-state index contributed by atoms with van der Waals surface area (Å²) in [5, 5.41) is 3.11. The van der Waals surface area contributed by atoms with Crippen molar-refractivity contribution in [3.8, 4) is 0 Å². The van der Waals surface area contributed by atoms with Gasteiger partial charge < -0.3 is 9.61 Å². The molecule has 0 aromatic carbocycles. The van der Waals surface area contributed by atoms with E-state index < -0.39 is 5.62 Å². The van der Waals surface area contributed by atoms with Gasteiger partial charge in [0, 0.05) is 6.54 Å². The molecule has 84 valence electrons. The average Bonchev–Trinajstić information content (AvgIpc) is 2.16. The Morgan fingerprint density at radius 1 is 1.50 bits per heavy atom. The van der Waals surface area contributed by atoms with E-state index in [2.05, 4.69) is 23.9 Å². The van der Waals surface area contributed by atoms with Crippen molar-refractivity contribution in [2.24, 2.45) is 4.99 Å². The Labute approximate surface area is 96.0 Å². The van der Waals surface area contributed by atoms with Gasteiger partial charge in [0.15, 0.2) is 0 Å². The predicted octanol–water partition coefficient (Wildman–Crippen LogP) is 3.03. The Hall–Kier alpha value is 0.430. The van der Waals surface area contributed by atoms with Crippen LogP contribution in [0.2, 0.25) is 0 Å². The Bertz CT molecular complexity index is 212. The Kier molecular flexibility index (Phi) is 8.98. The summed E-state index contributed by atoms with van der Waals surface area (Å²) >= 11 is 7.10. The summed E-state index contributed by atoms with van der Waals surface area (Å²) in [4.78, 5) is 4.08. The second kappa shape index (κ2) is 8.72. The van der Waals surface area contributed by atoms with Crippen LogP contribution in [0.4, 0.5) is 0 Å². The van der Waals surface area contributed by atoms with Crippen LogP contribution in [0.25, 0.3) is 0 Å². The van der Waals surface area contributed by atoms with Gasteiger partial charge in [-0.3, -0.25) is 4.99 Å². The van der Waals surface area contributed by atoms with Gasteiger partial charge in [0.25, 0.3) is 0 Å². The molecule has 0 saturated carbocycles. The van der Waals surface area contributed by atoms with E-state index in [0.717, 1.165) is 25.3 Å². The minimum absolute atomic E-state index is 0.719. The van der Waals surface area contributed by atoms with E-state index in [4.69, 9.17) is 16.3 Å². The first-order valence-electron chi connectivity index (χ1n) is 4.83. The molecule has 0 saturated heterocycles. The molecule has 0 spiro atoms. The first-order valence-corrected chi connectivity index (χ1v) is 9.14. The third kappa shape index (κ3) is 6.82. The molecule has 0 amide bonds. The summed E-state index contributed by atoms with van der Waals surface area (Å²) in [6.45, 7) is 7.64. The average molecular weight is 254 g/mol. The fourth-order valence-electron chi connectivity index (χ4n) is 0.696. The maximum atomic E-state index is 5.65. The molecule has 3 nitrogen and oxygen atoms in total. The maximum absolute atomic E-state index is 5.65. The highest BCUT2D eigenvalue weighted by atomic mass is 32.9. The molecular formula is C8H19N2OPS2. The topological polar surface area (TPSA) is 33.6 Å². The third-order valence-electron chi connectivity index (χ3n) is 1.25. The SMILES string of the molecule is CCCOP(=S)(NC=NCC)SCC. The minimum Gasteiger partial charge on any atom is -0.326 e. The van der Waals surface area contributed by atoms with Gasteiger partial charge in [-0.2, -0.15) is 0 Å². The molecule has 1 atom stereocenters. The highest BCUT2D eigenvalue weighted by molar-refractivity contribution is 8.68. The summed E-state index contributed by atoms with van der Waals surface area (Å²) in [6, 6.07) is 0. The standard InChI is InChI=1S/C8H19N2OPS2/c1-4-7-11-12(13,14-6-3)10-8-9-5-2/h8H,4-7H2,1-3H3,(H,9,10,13). The largest absolute Gasteiger partial charge is 0.326 e. The molecule has 0 fully saturated rings. The second-order valence-electron chi connectivity index (χ2n) is 2.51. The maximum Gasteiger partial charge on any atom is 0.211 e. The van der Waals surface area contributed by atoms with Crippen molar-refractivity contribution in [2.75, 3.05) is 18.9 Å². The predicted molar refractivity (Wildman–Crippen MR) is 70.8 cm³/mol. The summed E-state index contributed by atoms with van der Waals surface area (Å²) in [5.74, 6) is 0.966. The van der Waals surface area contributed by atoms with Gasteiger partial charge in [0.05, 0.1) is 12.9 Å². The van der Waals surface area contributed by atoms with Crippen LogP contribution in [0, 0.1) is 0 Å². The van der Waals surface area contributed by atoms with E-state index in [1.54, 1.807) is 17.7 Å². The molecule has 0 aromatic rings. The molecule has 0 aliphatic carbocycles. The smallest absolute Gasteiger partial charge is 0.211 e. The number of nitrogens with one attached hydrogen (secondary N) is 1. The molecule has 1 unspecified atom stereocenters. The molecule has 6 heteroatoms. The van der Waals surface area contributed by atoms with E-state index in [-0.39, 0.29) is 0 Å². The molecule has 0 heterocycles. The van der Waals surface area contributed by atoms with Gasteiger partial charge in [0.1, 0.15) is 0 Å². The van der Waals surface area contributed by atoms with Crippen molar-refractivity contribution in [1.82, 2.24) is 5.09 Å². The first kappa shape index (κ1) is 14.4. The minimum atomic E-state index is -1.91. The summed E-state index contributed by atoms with van der Waals surface area (Å²) in [5.41, 5.74) is -1.91. The van der Waals surface area contributed by atoms with Crippen LogP contribution in [-0.2, 0) is 16.3 Å². The number of nitrogens with zero attached hydrogens (tertiary/aromatic N) is 1. The molecule has 0 aliphatic heterocycles. The molecule has 0 radical (unpaired) electrons. The highest BCUT2D eigenvalue weighted by Gasteiger charge is 2.15. The van der Waals surface area contributed by atoms with Crippen molar-refractivity contribution in [3.63, 3.8) is 0 Å². The molecule has 0 aliphatic rings. The molecule has 0 aromatic heterocycles. The van der Waals surface area contributed by atoms with Crippen LogP contribution in [0.5, 0.6) is 0 Å². The highest BCUT2D eigenvalue weighted by Crippen LogP contribution is 2.55. The van der Waals surface area contributed by atoms with Gasteiger partial charge in [-0.05, 0) is 30.9 Å². The summed E-state index contributed by atoms with van der Waals surface area (Å²) in [7, 11) is 0. The molecule has 14 heavy (non-hydrogen) atoms. The lowest BCUT2D eigenvalue weighted by atomic mass is 10.5. The van der Waals surface area contributed by atoms with Crippen molar-refractivity contribution in [1.29, 1.82) is 0 Å². The van der Waals surface area contributed by atoms with Crippen LogP contribution in [0.1, 0.15) is 27.2 Å². The zero-order valence-electron chi connectivity index (χ0n) is 9.02. The third-order valence-corrected chi connectivity index (χ3v) is 6.81. The Morgan fingerprint density at radius 3 is 2.71 bits per heavy atom. The molecule has 0 rings (SSSR count). The number of aliphatic imine (C=N–C) groups is 1. The van der Waals surface area contributed by atoms with E-state index in [0.29, 0.717) is 0 Å². The van der Waals surface area contributed by atoms with E-state index >= 15 is 0 Å².